The van der Waals surface area contributed by atoms with Crippen LogP contribution >= 0.6 is 23.2 Å². The van der Waals surface area contributed by atoms with Gasteiger partial charge in [0.2, 0.25) is 22.8 Å². The third-order valence-corrected chi connectivity index (χ3v) is 9.25. The number of methoxy groups -OCH3 is 1. The van der Waals surface area contributed by atoms with E-state index in [4.69, 9.17) is 50.9 Å². The summed E-state index contributed by atoms with van der Waals surface area (Å²) in [5, 5.41) is 13.1. The van der Waals surface area contributed by atoms with Crippen molar-refractivity contribution in [2.24, 2.45) is 28.3 Å². The molecule has 3 aromatic carbocycles. The van der Waals surface area contributed by atoms with E-state index in [1.807, 2.05) is 0 Å². The Bertz CT molecular complexity index is 1690. The molecule has 0 radical (unpaired) electrons. The van der Waals surface area contributed by atoms with E-state index >= 15 is 0 Å². The molecule has 2 atom stereocenters. The van der Waals surface area contributed by atoms with Crippen molar-refractivity contribution in [2.75, 3.05) is 20.7 Å². The quantitative estimate of drug-likeness (QED) is 0.209. The molecule has 9 N–H and O–H groups in total. The standard InChI is InChI=1S/C31H32Cl2N6O7/c1-38(15-17-7-6-10-20(13-17)46-2)28(44)39-16-21(18-11-12-22(32)23(33)14-18)31(45,19-8-4-3-5-9-19)29(24(34)40,25(35)41)30(39,26(36)42)27(37)43/h3-14,21,45H,15-16H2,1-2H3,(H2,34,40)(H2,35,41)(H2,36,42)(H2,37,43). The summed E-state index contributed by atoms with van der Waals surface area (Å²) in [4.78, 5) is 71.2. The molecule has 0 aliphatic carbocycles. The fourth-order valence-corrected chi connectivity index (χ4v) is 6.83. The molecule has 4 rings (SSSR count). The molecule has 1 aliphatic heterocycles. The summed E-state index contributed by atoms with van der Waals surface area (Å²) in [6, 6.07) is 16.9. The van der Waals surface area contributed by atoms with Crippen LogP contribution in [0.5, 0.6) is 5.75 Å². The zero-order valence-corrected chi connectivity index (χ0v) is 26.3. The van der Waals surface area contributed by atoms with Crippen LogP contribution in [0.15, 0.2) is 72.8 Å². The molecule has 0 bridgehead atoms. The van der Waals surface area contributed by atoms with Crippen molar-refractivity contribution in [1.82, 2.24) is 9.80 Å². The van der Waals surface area contributed by atoms with Gasteiger partial charge in [0.25, 0.3) is 11.8 Å². The van der Waals surface area contributed by atoms with E-state index in [0.717, 1.165) is 4.90 Å². The van der Waals surface area contributed by atoms with Gasteiger partial charge in [0.15, 0.2) is 0 Å². The van der Waals surface area contributed by atoms with E-state index in [1.165, 1.54) is 56.6 Å². The van der Waals surface area contributed by atoms with Crippen molar-refractivity contribution in [1.29, 1.82) is 0 Å². The Morgan fingerprint density at radius 2 is 1.48 bits per heavy atom. The Balaban J connectivity index is 2.12. The molecule has 242 valence electrons. The molecule has 0 saturated carbocycles. The summed E-state index contributed by atoms with van der Waals surface area (Å²) in [5.41, 5.74) is 14.3. The second kappa shape index (κ2) is 12.5. The molecule has 1 fully saturated rings. The number of likely N-dealkylation sites (tertiary alicyclic amines) is 1. The van der Waals surface area contributed by atoms with Gasteiger partial charge >= 0.3 is 6.03 Å². The summed E-state index contributed by atoms with van der Waals surface area (Å²) in [6.07, 6.45) is 0. The maximum atomic E-state index is 14.4. The minimum absolute atomic E-state index is 0.00740. The largest absolute Gasteiger partial charge is 0.497 e. The number of ether oxygens (including phenoxy) is 1. The molecule has 1 saturated heterocycles. The van der Waals surface area contributed by atoms with Crippen LogP contribution in [0.4, 0.5) is 4.79 Å². The fraction of sp³-hybridized carbons (Fsp3) is 0.258. The number of amides is 6. The second-order valence-corrected chi connectivity index (χ2v) is 11.7. The highest BCUT2D eigenvalue weighted by atomic mass is 35.5. The molecule has 3 aromatic rings. The van der Waals surface area contributed by atoms with Crippen molar-refractivity contribution in [3.8, 4) is 5.75 Å². The van der Waals surface area contributed by atoms with Gasteiger partial charge in [-0.05, 0) is 41.0 Å². The van der Waals surface area contributed by atoms with Gasteiger partial charge in [-0.1, -0.05) is 71.7 Å². The van der Waals surface area contributed by atoms with Gasteiger partial charge in [0.1, 0.15) is 11.4 Å². The lowest BCUT2D eigenvalue weighted by molar-refractivity contribution is -0.212. The zero-order chi connectivity index (χ0) is 34.2. The lowest BCUT2D eigenvalue weighted by Gasteiger charge is -2.62. The van der Waals surface area contributed by atoms with Crippen LogP contribution in [0.3, 0.4) is 0 Å². The molecule has 0 spiro atoms. The highest BCUT2D eigenvalue weighted by molar-refractivity contribution is 6.42. The Labute approximate surface area is 273 Å². The number of nitrogens with two attached hydrogens (primary N) is 4. The highest BCUT2D eigenvalue weighted by Crippen LogP contribution is 2.60. The van der Waals surface area contributed by atoms with Gasteiger partial charge in [-0.3, -0.25) is 24.1 Å². The molecular weight excluding hydrogens is 639 g/mol. The first-order chi connectivity index (χ1) is 21.6. The van der Waals surface area contributed by atoms with E-state index in [1.54, 1.807) is 30.3 Å². The molecular formula is C31H32Cl2N6O7. The predicted octanol–water partition coefficient (Wildman–Crippen LogP) is 1.21. The SMILES string of the molecule is COc1cccc(CN(C)C(=O)N2CC(c3ccc(Cl)c(Cl)c3)C(O)(c3ccccc3)C(C(N)=O)(C(N)=O)C2(C(N)=O)C(N)=O)c1. The Morgan fingerprint density at radius 1 is 0.870 bits per heavy atom. The average molecular weight is 672 g/mol. The van der Waals surface area contributed by atoms with Crippen molar-refractivity contribution in [3.05, 3.63) is 99.5 Å². The van der Waals surface area contributed by atoms with Gasteiger partial charge in [0.05, 0.1) is 17.2 Å². The number of halogens is 2. The molecule has 15 heteroatoms. The third-order valence-electron chi connectivity index (χ3n) is 8.51. The van der Waals surface area contributed by atoms with Crippen molar-refractivity contribution in [3.63, 3.8) is 0 Å². The number of urea groups is 1. The van der Waals surface area contributed by atoms with Crippen LogP contribution < -0.4 is 27.7 Å². The molecule has 6 amide bonds. The van der Waals surface area contributed by atoms with Crippen LogP contribution in [0, 0.1) is 5.41 Å². The molecule has 46 heavy (non-hydrogen) atoms. The molecule has 13 nitrogen and oxygen atoms in total. The summed E-state index contributed by atoms with van der Waals surface area (Å²) in [5.74, 6) is -8.01. The summed E-state index contributed by atoms with van der Waals surface area (Å²) in [6.45, 7) is -0.848. The smallest absolute Gasteiger partial charge is 0.321 e. The summed E-state index contributed by atoms with van der Waals surface area (Å²) < 4.78 is 5.25. The number of nitrogens with zero attached hydrogens (tertiary/aromatic N) is 2. The van der Waals surface area contributed by atoms with Crippen LogP contribution in [0.25, 0.3) is 0 Å². The number of piperidine rings is 1. The summed E-state index contributed by atoms with van der Waals surface area (Å²) in [7, 11) is 2.79. The Kier molecular flexibility index (Phi) is 9.25. The summed E-state index contributed by atoms with van der Waals surface area (Å²) >= 11 is 12.5. The number of rotatable bonds is 9. The number of hydrogen-bond donors (Lipinski definition) is 5. The van der Waals surface area contributed by atoms with Gasteiger partial charge < -0.3 is 37.7 Å². The maximum absolute atomic E-state index is 14.4. The van der Waals surface area contributed by atoms with Crippen LogP contribution in [0.1, 0.15) is 22.6 Å². The monoisotopic (exact) mass is 670 g/mol. The Morgan fingerprint density at radius 3 is 2.00 bits per heavy atom. The second-order valence-electron chi connectivity index (χ2n) is 10.9. The van der Waals surface area contributed by atoms with Gasteiger partial charge in [-0.2, -0.15) is 0 Å². The highest BCUT2D eigenvalue weighted by Gasteiger charge is 2.83. The van der Waals surface area contributed by atoms with Gasteiger partial charge in [-0.15, -0.1) is 0 Å². The van der Waals surface area contributed by atoms with Crippen LogP contribution in [-0.2, 0) is 31.3 Å². The van der Waals surface area contributed by atoms with E-state index in [2.05, 4.69) is 0 Å². The number of hydrogen-bond acceptors (Lipinski definition) is 7. The fourth-order valence-electron chi connectivity index (χ4n) is 6.53. The predicted molar refractivity (Wildman–Crippen MR) is 168 cm³/mol. The van der Waals surface area contributed by atoms with Crippen LogP contribution in [-0.4, -0.2) is 70.8 Å². The number of primary amides is 4. The van der Waals surface area contributed by atoms with Crippen molar-refractivity contribution in [2.45, 2.75) is 23.6 Å². The van der Waals surface area contributed by atoms with Crippen LogP contribution in [0.2, 0.25) is 10.0 Å². The van der Waals surface area contributed by atoms with E-state index in [0.29, 0.717) is 16.2 Å². The normalized spacial score (nSPS) is 19.9. The van der Waals surface area contributed by atoms with Gasteiger partial charge in [0, 0.05) is 26.1 Å². The zero-order valence-electron chi connectivity index (χ0n) is 24.8. The number of aliphatic hydroxyl groups is 1. The van der Waals surface area contributed by atoms with Gasteiger partial charge in [-0.25, -0.2) is 4.79 Å². The first kappa shape index (κ1) is 34.0. The molecule has 1 heterocycles. The lowest BCUT2D eigenvalue weighted by atomic mass is 9.48. The Hall–Kier alpha value is -4.85. The van der Waals surface area contributed by atoms with Crippen molar-refractivity contribution >= 4 is 52.9 Å². The topological polar surface area (TPSA) is 225 Å². The third kappa shape index (κ3) is 4.87. The molecule has 0 aromatic heterocycles. The minimum atomic E-state index is -3.49. The average Bonchev–Trinajstić information content (AvgIpc) is 3.01. The number of carbonyl (C=O) groups is 5. The maximum Gasteiger partial charge on any atom is 0.321 e. The lowest BCUT2D eigenvalue weighted by Crippen LogP contribution is -2.88. The van der Waals surface area contributed by atoms with E-state index in [9.17, 15) is 29.1 Å². The molecule has 2 unspecified atom stereocenters. The van der Waals surface area contributed by atoms with Crippen molar-refractivity contribution < 1.29 is 33.8 Å². The first-order valence-corrected chi connectivity index (χ1v) is 14.5. The number of carbonyl (C=O) groups excluding carboxylic acids is 5. The number of benzene rings is 3. The minimum Gasteiger partial charge on any atom is -0.497 e. The van der Waals surface area contributed by atoms with E-state index < -0.39 is 58.7 Å². The van der Waals surface area contributed by atoms with E-state index in [-0.39, 0.29) is 27.7 Å². The molecule has 1 aliphatic rings. The first-order valence-electron chi connectivity index (χ1n) is 13.7.